The van der Waals surface area contributed by atoms with Crippen LogP contribution in [0.5, 0.6) is 0 Å². The van der Waals surface area contributed by atoms with Crippen molar-refractivity contribution in [2.24, 2.45) is 0 Å². The van der Waals surface area contributed by atoms with E-state index in [0.717, 1.165) is 12.1 Å². The molecule has 0 aliphatic carbocycles. The third kappa shape index (κ3) is 4.68. The number of rotatable bonds is 3. The van der Waals surface area contributed by atoms with Gasteiger partial charge in [-0.25, -0.2) is 4.79 Å². The summed E-state index contributed by atoms with van der Waals surface area (Å²) in [5.74, 6) is -0.0704. The lowest BCUT2D eigenvalue weighted by Crippen LogP contribution is -2.47. The second kappa shape index (κ2) is 6.98. The number of likely N-dealkylation sites (tertiary alicyclic amines) is 1. The maximum Gasteiger partial charge on any atom is 0.410 e. The van der Waals surface area contributed by atoms with Gasteiger partial charge < -0.3 is 9.64 Å². The third-order valence-corrected chi connectivity index (χ3v) is 3.67. The average molecular weight is 319 g/mol. The summed E-state index contributed by atoms with van der Waals surface area (Å²) in [5, 5.41) is 0. The minimum atomic E-state index is -0.562. The molecule has 0 spiro atoms. The zero-order chi connectivity index (χ0) is 17.0. The van der Waals surface area contributed by atoms with Crippen LogP contribution in [0.3, 0.4) is 0 Å². The third-order valence-electron chi connectivity index (χ3n) is 3.67. The van der Waals surface area contributed by atoms with E-state index < -0.39 is 17.7 Å². The molecule has 126 valence electrons. The lowest BCUT2D eigenvalue weighted by atomic mass is 10.2. The molecule has 1 fully saturated rings. The smallest absolute Gasteiger partial charge is 0.410 e. The Morgan fingerprint density at radius 1 is 1.39 bits per heavy atom. The van der Waals surface area contributed by atoms with Crippen LogP contribution in [0.4, 0.5) is 4.79 Å². The van der Waals surface area contributed by atoms with Crippen molar-refractivity contribution in [1.29, 1.82) is 0 Å². The molecule has 1 saturated heterocycles. The molecule has 2 heterocycles. The lowest BCUT2D eigenvalue weighted by molar-refractivity contribution is -0.135. The number of nitrogens with zero attached hydrogens (tertiary/aromatic N) is 3. The van der Waals surface area contributed by atoms with E-state index in [4.69, 9.17) is 4.74 Å². The Bertz CT molecular complexity index is 554. The largest absolute Gasteiger partial charge is 0.444 e. The Kier molecular flexibility index (Phi) is 5.23. The van der Waals surface area contributed by atoms with Crippen molar-refractivity contribution in [2.45, 2.75) is 51.8 Å². The molecule has 6 heteroatoms. The monoisotopic (exact) mass is 319 g/mol. The van der Waals surface area contributed by atoms with Crippen molar-refractivity contribution in [2.75, 3.05) is 13.6 Å². The summed E-state index contributed by atoms with van der Waals surface area (Å²) in [6.07, 6.45) is 2.77. The van der Waals surface area contributed by atoms with Gasteiger partial charge in [0.05, 0.1) is 12.2 Å². The fourth-order valence-electron chi connectivity index (χ4n) is 2.63. The summed E-state index contributed by atoms with van der Waals surface area (Å²) in [4.78, 5) is 32.4. The zero-order valence-electron chi connectivity index (χ0n) is 14.3. The summed E-state index contributed by atoms with van der Waals surface area (Å²) in [7, 11) is 1.74. The van der Waals surface area contributed by atoms with Gasteiger partial charge in [-0.3, -0.25) is 14.7 Å². The van der Waals surface area contributed by atoms with Crippen LogP contribution in [0.1, 0.15) is 39.3 Å². The first kappa shape index (κ1) is 17.2. The van der Waals surface area contributed by atoms with E-state index in [2.05, 4.69) is 4.98 Å². The summed E-state index contributed by atoms with van der Waals surface area (Å²) in [5.41, 5.74) is 0.262. The Labute approximate surface area is 137 Å². The summed E-state index contributed by atoms with van der Waals surface area (Å²) < 4.78 is 5.40. The molecule has 1 aliphatic heterocycles. The number of aromatic nitrogens is 1. The van der Waals surface area contributed by atoms with Crippen molar-refractivity contribution in [3.05, 3.63) is 30.1 Å². The Hall–Kier alpha value is -2.11. The Morgan fingerprint density at radius 2 is 2.13 bits per heavy atom. The molecule has 2 rings (SSSR count). The van der Waals surface area contributed by atoms with Crippen LogP contribution in [-0.4, -0.2) is 52.0 Å². The summed E-state index contributed by atoms with van der Waals surface area (Å²) in [6, 6.07) is 5.17. The van der Waals surface area contributed by atoms with Gasteiger partial charge in [0.1, 0.15) is 11.6 Å². The van der Waals surface area contributed by atoms with Crippen LogP contribution in [0.2, 0.25) is 0 Å². The number of hydrogen-bond acceptors (Lipinski definition) is 4. The van der Waals surface area contributed by atoms with Crippen LogP contribution < -0.4 is 0 Å². The molecule has 6 nitrogen and oxygen atoms in total. The predicted molar refractivity (Wildman–Crippen MR) is 86.7 cm³/mol. The number of carbonyl (C=O) groups is 2. The highest BCUT2D eigenvalue weighted by atomic mass is 16.6. The first-order chi connectivity index (χ1) is 10.8. The van der Waals surface area contributed by atoms with Gasteiger partial charge in [0.15, 0.2) is 0 Å². The molecule has 1 aliphatic rings. The fraction of sp³-hybridized carbons (Fsp3) is 0.588. The van der Waals surface area contributed by atoms with Gasteiger partial charge in [-0.2, -0.15) is 0 Å². The molecule has 0 bridgehead atoms. The SMILES string of the molecule is CN(Cc1ccccn1)C(=O)C1CCCN1C(=O)OC(C)(C)C. The fourth-order valence-corrected chi connectivity index (χ4v) is 2.63. The van der Waals surface area contributed by atoms with E-state index in [9.17, 15) is 9.59 Å². The molecule has 1 aromatic heterocycles. The molecule has 0 N–H and O–H groups in total. The molecule has 0 radical (unpaired) electrons. The number of ether oxygens (including phenoxy) is 1. The minimum absolute atomic E-state index is 0.0704. The van der Waals surface area contributed by atoms with Crippen LogP contribution in [-0.2, 0) is 16.1 Å². The van der Waals surface area contributed by atoms with Crippen LogP contribution in [0.25, 0.3) is 0 Å². The van der Waals surface area contributed by atoms with Crippen LogP contribution in [0.15, 0.2) is 24.4 Å². The number of hydrogen-bond donors (Lipinski definition) is 0. The summed E-state index contributed by atoms with van der Waals surface area (Å²) >= 11 is 0. The van der Waals surface area contributed by atoms with E-state index in [1.165, 1.54) is 0 Å². The van der Waals surface area contributed by atoms with Gasteiger partial charge >= 0.3 is 6.09 Å². The summed E-state index contributed by atoms with van der Waals surface area (Å²) in [6.45, 7) is 6.46. The molecule has 0 aromatic carbocycles. The second-order valence-corrected chi connectivity index (χ2v) is 6.85. The maximum atomic E-state index is 12.7. The second-order valence-electron chi connectivity index (χ2n) is 6.85. The van der Waals surface area contributed by atoms with Crippen molar-refractivity contribution in [1.82, 2.24) is 14.8 Å². The highest BCUT2D eigenvalue weighted by Gasteiger charge is 2.37. The van der Waals surface area contributed by atoms with Crippen molar-refractivity contribution in [3.63, 3.8) is 0 Å². The first-order valence-electron chi connectivity index (χ1n) is 7.92. The van der Waals surface area contributed by atoms with Crippen LogP contribution >= 0.6 is 0 Å². The molecule has 1 unspecified atom stereocenters. The van der Waals surface area contributed by atoms with Gasteiger partial charge in [0, 0.05) is 19.8 Å². The van der Waals surface area contributed by atoms with Gasteiger partial charge in [-0.05, 0) is 45.7 Å². The number of amides is 2. The molecule has 2 amide bonds. The highest BCUT2D eigenvalue weighted by molar-refractivity contribution is 5.86. The van der Waals surface area contributed by atoms with Gasteiger partial charge in [0.25, 0.3) is 0 Å². The van der Waals surface area contributed by atoms with Crippen LogP contribution in [0, 0.1) is 0 Å². The number of pyridine rings is 1. The quantitative estimate of drug-likeness (QED) is 0.858. The van der Waals surface area contributed by atoms with Gasteiger partial charge in [-0.1, -0.05) is 6.07 Å². The van der Waals surface area contributed by atoms with Gasteiger partial charge in [0.2, 0.25) is 5.91 Å². The topological polar surface area (TPSA) is 62.7 Å². The standard InChI is InChI=1S/C17H25N3O3/c1-17(2,3)23-16(22)20-11-7-9-14(20)15(21)19(4)12-13-8-5-6-10-18-13/h5-6,8,10,14H,7,9,11-12H2,1-4H3. The molecule has 23 heavy (non-hydrogen) atoms. The average Bonchev–Trinajstić information content (AvgIpc) is 2.95. The van der Waals surface area contributed by atoms with Crippen molar-refractivity contribution < 1.29 is 14.3 Å². The molecule has 0 saturated carbocycles. The van der Waals surface area contributed by atoms with E-state index in [1.54, 1.807) is 23.0 Å². The number of carbonyl (C=O) groups excluding carboxylic acids is 2. The van der Waals surface area contributed by atoms with E-state index >= 15 is 0 Å². The normalized spacial score (nSPS) is 17.9. The Balaban J connectivity index is 2.01. The first-order valence-corrected chi connectivity index (χ1v) is 7.92. The van der Waals surface area contributed by atoms with Crippen molar-refractivity contribution in [3.8, 4) is 0 Å². The zero-order valence-corrected chi connectivity index (χ0v) is 14.3. The van der Waals surface area contributed by atoms with Crippen molar-refractivity contribution >= 4 is 12.0 Å². The van der Waals surface area contributed by atoms with E-state index in [-0.39, 0.29) is 5.91 Å². The van der Waals surface area contributed by atoms with E-state index in [1.807, 2.05) is 39.0 Å². The highest BCUT2D eigenvalue weighted by Crippen LogP contribution is 2.22. The Morgan fingerprint density at radius 3 is 2.74 bits per heavy atom. The maximum absolute atomic E-state index is 12.7. The number of likely N-dealkylation sites (N-methyl/N-ethyl adjacent to an activating group) is 1. The molecule has 1 aromatic rings. The minimum Gasteiger partial charge on any atom is -0.444 e. The predicted octanol–water partition coefficient (Wildman–Crippen LogP) is 2.44. The van der Waals surface area contributed by atoms with E-state index in [0.29, 0.717) is 19.5 Å². The molecular weight excluding hydrogens is 294 g/mol. The van der Waals surface area contributed by atoms with Gasteiger partial charge in [-0.15, -0.1) is 0 Å². The molecule has 1 atom stereocenters. The molecular formula is C17H25N3O3. The lowest BCUT2D eigenvalue weighted by Gasteiger charge is -2.30.